The van der Waals surface area contributed by atoms with Gasteiger partial charge in [-0.25, -0.2) is 4.98 Å². The van der Waals surface area contributed by atoms with Crippen LogP contribution in [0.5, 0.6) is 0 Å². The van der Waals surface area contributed by atoms with Crippen LogP contribution in [0.2, 0.25) is 0 Å². The normalized spacial score (nSPS) is 10.5. The maximum atomic E-state index is 12.1. The molecule has 2 N–H and O–H groups in total. The average Bonchev–Trinajstić information content (AvgIpc) is 3.27. The molecule has 0 unspecified atom stereocenters. The molecule has 2 aromatic carbocycles. The zero-order valence-electron chi connectivity index (χ0n) is 17.4. The number of thiazole rings is 1. The first-order valence-corrected chi connectivity index (χ1v) is 10.8. The van der Waals surface area contributed by atoms with E-state index >= 15 is 0 Å². The smallest absolute Gasteiger partial charge is 0.305 e. The van der Waals surface area contributed by atoms with E-state index in [1.165, 1.54) is 23.5 Å². The Morgan fingerprint density at radius 2 is 1.97 bits per heavy atom. The Hall–Kier alpha value is -3.79. The summed E-state index contributed by atoms with van der Waals surface area (Å²) >= 11 is 1.46. The monoisotopic (exact) mass is 454 g/mol. The Balaban J connectivity index is 1.67. The van der Waals surface area contributed by atoms with Gasteiger partial charge in [0.05, 0.1) is 17.0 Å². The van der Waals surface area contributed by atoms with Crippen molar-refractivity contribution in [3.05, 3.63) is 75.2 Å². The molecule has 1 aromatic heterocycles. The van der Waals surface area contributed by atoms with Gasteiger partial charge in [0, 0.05) is 48.3 Å². The first kappa shape index (κ1) is 22.9. The van der Waals surface area contributed by atoms with Crippen LogP contribution in [-0.2, 0) is 11.3 Å². The zero-order chi connectivity index (χ0) is 23.1. The summed E-state index contributed by atoms with van der Waals surface area (Å²) in [5, 5.41) is 24.9. The second kappa shape index (κ2) is 10.5. The first-order valence-electron chi connectivity index (χ1n) is 9.91. The molecule has 3 rings (SSSR count). The lowest BCUT2D eigenvalue weighted by Crippen LogP contribution is -2.26. The van der Waals surface area contributed by atoms with Gasteiger partial charge in [-0.2, -0.15) is 0 Å². The number of nitrogens with one attached hydrogen (secondary N) is 1. The molecule has 3 aromatic rings. The van der Waals surface area contributed by atoms with Gasteiger partial charge < -0.3 is 15.3 Å². The molecule has 9 nitrogen and oxygen atoms in total. The lowest BCUT2D eigenvalue weighted by atomic mass is 10.1. The molecule has 0 aliphatic rings. The van der Waals surface area contributed by atoms with Crippen molar-refractivity contribution in [2.75, 3.05) is 18.0 Å². The Bertz CT molecular complexity index is 1110. The molecule has 32 heavy (non-hydrogen) atoms. The number of carboxylic acid groups (broad SMARTS) is 1. The highest BCUT2D eigenvalue weighted by Crippen LogP contribution is 2.30. The van der Waals surface area contributed by atoms with Crippen molar-refractivity contribution in [2.24, 2.45) is 0 Å². The zero-order valence-corrected chi connectivity index (χ0v) is 18.2. The molecule has 0 bridgehead atoms. The molecule has 10 heteroatoms. The number of non-ortho nitro benzene ring substituents is 1. The standard InChI is InChI=1S/C22H22N4O5S/c1-2-25(13-15-6-8-16(9-7-15)21(29)23-11-10-20(27)28)22-24-19(14-32-22)17-4-3-5-18(12-17)26(30)31/h3-9,12,14H,2,10-11,13H2,1H3,(H,23,29)(H,27,28). The van der Waals surface area contributed by atoms with Crippen molar-refractivity contribution >= 4 is 34.0 Å². The lowest BCUT2D eigenvalue weighted by molar-refractivity contribution is -0.384. The lowest BCUT2D eigenvalue weighted by Gasteiger charge is -2.20. The highest BCUT2D eigenvalue weighted by molar-refractivity contribution is 7.14. The van der Waals surface area contributed by atoms with E-state index in [2.05, 4.69) is 15.2 Å². The van der Waals surface area contributed by atoms with Crippen LogP contribution in [0.4, 0.5) is 10.8 Å². The second-order valence-corrected chi connectivity index (χ2v) is 7.77. The third-order valence-electron chi connectivity index (χ3n) is 4.71. The molecule has 0 aliphatic heterocycles. The number of carboxylic acids is 1. The third-order valence-corrected chi connectivity index (χ3v) is 5.61. The van der Waals surface area contributed by atoms with Crippen molar-refractivity contribution in [3.8, 4) is 11.3 Å². The van der Waals surface area contributed by atoms with E-state index in [4.69, 9.17) is 5.11 Å². The molecule has 0 fully saturated rings. The van der Waals surface area contributed by atoms with Crippen LogP contribution in [0.1, 0.15) is 29.3 Å². The number of nitrogens with zero attached hydrogens (tertiary/aromatic N) is 3. The molecule has 166 valence electrons. The van der Waals surface area contributed by atoms with Gasteiger partial charge in [0.15, 0.2) is 5.13 Å². The maximum Gasteiger partial charge on any atom is 0.305 e. The first-order chi connectivity index (χ1) is 15.4. The number of aliphatic carboxylic acids is 1. The van der Waals surface area contributed by atoms with E-state index in [1.807, 2.05) is 24.4 Å². The van der Waals surface area contributed by atoms with Crippen LogP contribution >= 0.6 is 11.3 Å². The summed E-state index contributed by atoms with van der Waals surface area (Å²) in [7, 11) is 0. The van der Waals surface area contributed by atoms with Crippen LogP contribution in [0.3, 0.4) is 0 Å². The minimum atomic E-state index is -0.962. The minimum absolute atomic E-state index is 0.0245. The SMILES string of the molecule is CCN(Cc1ccc(C(=O)NCCC(=O)O)cc1)c1nc(-c2cccc([N+](=O)[O-])c2)cs1. The molecule has 0 aliphatic carbocycles. The van der Waals surface area contributed by atoms with Gasteiger partial charge in [-0.05, 0) is 24.6 Å². The van der Waals surface area contributed by atoms with Gasteiger partial charge in [0.1, 0.15) is 0 Å². The highest BCUT2D eigenvalue weighted by atomic mass is 32.1. The fourth-order valence-corrected chi connectivity index (χ4v) is 3.90. The van der Waals surface area contributed by atoms with Crippen molar-refractivity contribution in [2.45, 2.75) is 19.9 Å². The summed E-state index contributed by atoms with van der Waals surface area (Å²) in [4.78, 5) is 39.9. The van der Waals surface area contributed by atoms with Gasteiger partial charge in [-0.1, -0.05) is 24.3 Å². The van der Waals surface area contributed by atoms with Crippen LogP contribution in [0.15, 0.2) is 53.9 Å². The number of hydrogen-bond donors (Lipinski definition) is 2. The Labute approximate surface area is 188 Å². The van der Waals surface area contributed by atoms with Crippen LogP contribution in [0.25, 0.3) is 11.3 Å². The van der Waals surface area contributed by atoms with E-state index in [9.17, 15) is 19.7 Å². The number of anilines is 1. The van der Waals surface area contributed by atoms with Gasteiger partial charge in [0.2, 0.25) is 0 Å². The third kappa shape index (κ3) is 5.88. The maximum absolute atomic E-state index is 12.1. The van der Waals surface area contributed by atoms with Gasteiger partial charge in [-0.3, -0.25) is 19.7 Å². The van der Waals surface area contributed by atoms with Crippen molar-refractivity contribution in [1.82, 2.24) is 10.3 Å². The molecular formula is C22H22N4O5S. The van der Waals surface area contributed by atoms with Gasteiger partial charge in [-0.15, -0.1) is 11.3 Å². The number of hydrogen-bond acceptors (Lipinski definition) is 7. The van der Waals surface area contributed by atoms with E-state index in [0.717, 1.165) is 10.7 Å². The summed E-state index contributed by atoms with van der Waals surface area (Å²) in [5.41, 5.74) is 2.85. The van der Waals surface area contributed by atoms with Crippen LogP contribution in [0, 0.1) is 10.1 Å². The van der Waals surface area contributed by atoms with E-state index in [0.29, 0.717) is 29.9 Å². The Morgan fingerprint density at radius 3 is 2.62 bits per heavy atom. The second-order valence-electron chi connectivity index (χ2n) is 6.93. The van der Waals surface area contributed by atoms with Crippen LogP contribution in [-0.4, -0.2) is 40.0 Å². The van der Waals surface area contributed by atoms with Crippen molar-refractivity contribution < 1.29 is 19.6 Å². The quantitative estimate of drug-likeness (QED) is 0.351. The number of aromatic nitrogens is 1. The highest BCUT2D eigenvalue weighted by Gasteiger charge is 2.14. The molecule has 0 spiro atoms. The summed E-state index contributed by atoms with van der Waals surface area (Å²) < 4.78 is 0. The Kier molecular flexibility index (Phi) is 7.50. The topological polar surface area (TPSA) is 126 Å². The number of nitro benzene ring substituents is 1. The number of carbonyl (C=O) groups excluding carboxylic acids is 1. The number of amides is 1. The number of carbonyl (C=O) groups is 2. The molecule has 0 atom stereocenters. The number of rotatable bonds is 10. The van der Waals surface area contributed by atoms with E-state index < -0.39 is 10.9 Å². The predicted molar refractivity (Wildman–Crippen MR) is 122 cm³/mol. The summed E-state index contributed by atoms with van der Waals surface area (Å²) in [6.07, 6.45) is -0.124. The van der Waals surface area contributed by atoms with Gasteiger partial charge >= 0.3 is 5.97 Å². The van der Waals surface area contributed by atoms with Gasteiger partial charge in [0.25, 0.3) is 11.6 Å². The largest absolute Gasteiger partial charge is 0.481 e. The summed E-state index contributed by atoms with van der Waals surface area (Å²) in [6.45, 7) is 3.38. The molecule has 1 amide bonds. The van der Waals surface area contributed by atoms with Crippen molar-refractivity contribution in [3.63, 3.8) is 0 Å². The molecule has 0 radical (unpaired) electrons. The fraction of sp³-hybridized carbons (Fsp3) is 0.227. The summed E-state index contributed by atoms with van der Waals surface area (Å²) in [6, 6.07) is 13.5. The summed E-state index contributed by atoms with van der Waals surface area (Å²) in [5.74, 6) is -1.28. The molecule has 0 saturated carbocycles. The van der Waals surface area contributed by atoms with Crippen molar-refractivity contribution in [1.29, 1.82) is 0 Å². The van der Waals surface area contributed by atoms with E-state index in [1.54, 1.807) is 24.3 Å². The fourth-order valence-electron chi connectivity index (χ4n) is 3.00. The Morgan fingerprint density at radius 1 is 1.22 bits per heavy atom. The number of nitro groups is 1. The molecule has 1 heterocycles. The molecule has 0 saturated heterocycles. The minimum Gasteiger partial charge on any atom is -0.481 e. The van der Waals surface area contributed by atoms with E-state index in [-0.39, 0.29) is 24.6 Å². The number of benzene rings is 2. The average molecular weight is 455 g/mol. The predicted octanol–water partition coefficient (Wildman–Crippen LogP) is 3.95. The van der Waals surface area contributed by atoms with Crippen LogP contribution < -0.4 is 10.2 Å². The molecular weight excluding hydrogens is 432 g/mol.